The van der Waals surface area contributed by atoms with Crippen LogP contribution in [-0.2, 0) is 6.54 Å². The molecule has 0 saturated carbocycles. The van der Waals surface area contributed by atoms with Crippen molar-refractivity contribution in [2.24, 2.45) is 5.73 Å². The van der Waals surface area contributed by atoms with E-state index >= 15 is 0 Å². The molecule has 1 heterocycles. The summed E-state index contributed by atoms with van der Waals surface area (Å²) in [4.78, 5) is 8.11. The van der Waals surface area contributed by atoms with Crippen molar-refractivity contribution in [1.82, 2.24) is 9.97 Å². The van der Waals surface area contributed by atoms with Gasteiger partial charge >= 0.3 is 0 Å². The van der Waals surface area contributed by atoms with Gasteiger partial charge in [-0.15, -0.1) is 0 Å². The topological polar surface area (TPSA) is 51.8 Å². The molecule has 0 aliphatic carbocycles. The molecule has 2 rings (SSSR count). The summed E-state index contributed by atoms with van der Waals surface area (Å²) in [7, 11) is 0. The van der Waals surface area contributed by atoms with Crippen molar-refractivity contribution in [3.63, 3.8) is 0 Å². The molecule has 4 heteroatoms. The molecule has 0 aliphatic rings. The summed E-state index contributed by atoms with van der Waals surface area (Å²) >= 11 is 0. The predicted molar refractivity (Wildman–Crippen MR) is 55.3 cm³/mol. The second-order valence-electron chi connectivity index (χ2n) is 3.10. The molecule has 76 valence electrons. The first-order valence-corrected chi connectivity index (χ1v) is 4.56. The molecule has 0 aliphatic heterocycles. The molecule has 2 aromatic rings. The minimum atomic E-state index is -0.289. The number of rotatable bonds is 2. The fraction of sp³-hybridized carbons (Fsp3) is 0.0909. The molecule has 0 spiro atoms. The van der Waals surface area contributed by atoms with Crippen molar-refractivity contribution in [3.05, 3.63) is 48.2 Å². The molecule has 0 radical (unpaired) electrons. The van der Waals surface area contributed by atoms with E-state index in [1.54, 1.807) is 24.7 Å². The molecule has 0 unspecified atom stereocenters. The lowest BCUT2D eigenvalue weighted by Crippen LogP contribution is -2.00. The second-order valence-corrected chi connectivity index (χ2v) is 3.10. The molecule has 15 heavy (non-hydrogen) atoms. The Morgan fingerprint density at radius 3 is 2.80 bits per heavy atom. The van der Waals surface area contributed by atoms with E-state index in [9.17, 15) is 4.39 Å². The van der Waals surface area contributed by atoms with Crippen molar-refractivity contribution in [3.8, 4) is 11.3 Å². The highest BCUT2D eigenvalue weighted by molar-refractivity contribution is 5.62. The first-order valence-electron chi connectivity index (χ1n) is 4.56. The largest absolute Gasteiger partial charge is 0.326 e. The van der Waals surface area contributed by atoms with E-state index in [-0.39, 0.29) is 12.4 Å². The standard InChI is InChI=1S/C11H10FN3/c12-9-1-2-10(8(5-9)6-13)11-7-14-3-4-15-11/h1-5,7H,6,13H2. The molecule has 0 amide bonds. The fourth-order valence-electron chi connectivity index (χ4n) is 1.42. The molecule has 2 N–H and O–H groups in total. The average molecular weight is 203 g/mol. The smallest absolute Gasteiger partial charge is 0.123 e. The third kappa shape index (κ3) is 1.99. The first kappa shape index (κ1) is 9.73. The quantitative estimate of drug-likeness (QED) is 0.808. The second kappa shape index (κ2) is 4.14. The van der Waals surface area contributed by atoms with Crippen LogP contribution in [0.15, 0.2) is 36.8 Å². The SMILES string of the molecule is NCc1cc(F)ccc1-c1cnccn1. The van der Waals surface area contributed by atoms with E-state index in [0.717, 1.165) is 11.1 Å². The van der Waals surface area contributed by atoms with Crippen LogP contribution in [0.3, 0.4) is 0 Å². The van der Waals surface area contributed by atoms with Crippen LogP contribution < -0.4 is 5.73 Å². The maximum atomic E-state index is 13.0. The molecule has 0 atom stereocenters. The van der Waals surface area contributed by atoms with Crippen molar-refractivity contribution >= 4 is 0 Å². The van der Waals surface area contributed by atoms with Gasteiger partial charge in [-0.1, -0.05) is 0 Å². The fourth-order valence-corrected chi connectivity index (χ4v) is 1.42. The third-order valence-electron chi connectivity index (χ3n) is 2.13. The van der Waals surface area contributed by atoms with E-state index in [0.29, 0.717) is 5.69 Å². The zero-order valence-electron chi connectivity index (χ0n) is 8.02. The molecule has 0 bridgehead atoms. The third-order valence-corrected chi connectivity index (χ3v) is 2.13. The number of nitrogens with two attached hydrogens (primary N) is 1. The van der Waals surface area contributed by atoms with Crippen LogP contribution in [0.5, 0.6) is 0 Å². The van der Waals surface area contributed by atoms with Crippen molar-refractivity contribution in [1.29, 1.82) is 0 Å². The molecule has 3 nitrogen and oxygen atoms in total. The highest BCUT2D eigenvalue weighted by Gasteiger charge is 2.05. The summed E-state index contributed by atoms with van der Waals surface area (Å²) in [6, 6.07) is 4.48. The lowest BCUT2D eigenvalue weighted by molar-refractivity contribution is 0.625. The highest BCUT2D eigenvalue weighted by atomic mass is 19.1. The summed E-state index contributed by atoms with van der Waals surface area (Å²) < 4.78 is 13.0. The lowest BCUT2D eigenvalue weighted by atomic mass is 10.0. The van der Waals surface area contributed by atoms with Crippen molar-refractivity contribution in [2.75, 3.05) is 0 Å². The summed E-state index contributed by atoms with van der Waals surface area (Å²) in [6.07, 6.45) is 4.82. The van der Waals surface area contributed by atoms with Gasteiger partial charge in [0.25, 0.3) is 0 Å². The Kier molecular flexibility index (Phi) is 2.69. The van der Waals surface area contributed by atoms with E-state index in [1.165, 1.54) is 12.1 Å². The summed E-state index contributed by atoms with van der Waals surface area (Å²) in [5.74, 6) is -0.289. The Bertz CT molecular complexity index is 457. The number of nitrogens with zero attached hydrogens (tertiary/aromatic N) is 2. The van der Waals surface area contributed by atoms with Crippen molar-refractivity contribution < 1.29 is 4.39 Å². The molecular weight excluding hydrogens is 193 g/mol. The minimum absolute atomic E-state index is 0.281. The van der Waals surface area contributed by atoms with Crippen LogP contribution in [0.1, 0.15) is 5.56 Å². The summed E-state index contributed by atoms with van der Waals surface area (Å²) in [5, 5.41) is 0. The lowest BCUT2D eigenvalue weighted by Gasteiger charge is -2.06. The van der Waals surface area contributed by atoms with Gasteiger partial charge in [-0.3, -0.25) is 9.97 Å². The molecular formula is C11H10FN3. The van der Waals surface area contributed by atoms with Gasteiger partial charge in [0.2, 0.25) is 0 Å². The van der Waals surface area contributed by atoms with Crippen molar-refractivity contribution in [2.45, 2.75) is 6.54 Å². The number of benzene rings is 1. The van der Waals surface area contributed by atoms with Gasteiger partial charge in [0, 0.05) is 24.5 Å². The highest BCUT2D eigenvalue weighted by Crippen LogP contribution is 2.21. The monoisotopic (exact) mass is 203 g/mol. The zero-order valence-corrected chi connectivity index (χ0v) is 8.02. The molecule has 1 aromatic carbocycles. The van der Waals surface area contributed by atoms with Gasteiger partial charge in [-0.05, 0) is 23.8 Å². The first-order chi connectivity index (χ1) is 7.31. The predicted octanol–water partition coefficient (Wildman–Crippen LogP) is 1.74. The van der Waals surface area contributed by atoms with Crippen LogP contribution in [0, 0.1) is 5.82 Å². The van der Waals surface area contributed by atoms with Crippen LogP contribution in [0.25, 0.3) is 11.3 Å². The van der Waals surface area contributed by atoms with E-state index < -0.39 is 0 Å². The molecule has 1 aromatic heterocycles. The van der Waals surface area contributed by atoms with Crippen LogP contribution in [0.4, 0.5) is 4.39 Å². The van der Waals surface area contributed by atoms with Crippen LogP contribution in [0.2, 0.25) is 0 Å². The zero-order chi connectivity index (χ0) is 10.7. The normalized spacial score (nSPS) is 10.3. The van der Waals surface area contributed by atoms with E-state index in [1.807, 2.05) is 0 Å². The Morgan fingerprint density at radius 1 is 1.27 bits per heavy atom. The average Bonchev–Trinajstić information content (AvgIpc) is 2.30. The number of hydrogen-bond donors (Lipinski definition) is 1. The van der Waals surface area contributed by atoms with Crippen LogP contribution in [-0.4, -0.2) is 9.97 Å². The minimum Gasteiger partial charge on any atom is -0.326 e. The Labute approximate surface area is 86.8 Å². The maximum absolute atomic E-state index is 13.0. The van der Waals surface area contributed by atoms with Gasteiger partial charge in [0.15, 0.2) is 0 Å². The molecule has 0 saturated heterocycles. The Hall–Kier alpha value is -1.81. The Balaban J connectivity index is 2.53. The number of aromatic nitrogens is 2. The summed E-state index contributed by atoms with van der Waals surface area (Å²) in [6.45, 7) is 0.281. The summed E-state index contributed by atoms with van der Waals surface area (Å²) in [5.41, 5.74) is 7.81. The maximum Gasteiger partial charge on any atom is 0.123 e. The van der Waals surface area contributed by atoms with Crippen LogP contribution >= 0.6 is 0 Å². The Morgan fingerprint density at radius 2 is 2.13 bits per heavy atom. The number of halogens is 1. The van der Waals surface area contributed by atoms with Gasteiger partial charge in [-0.25, -0.2) is 4.39 Å². The van der Waals surface area contributed by atoms with Gasteiger partial charge in [0.05, 0.1) is 11.9 Å². The van der Waals surface area contributed by atoms with E-state index in [4.69, 9.17) is 5.73 Å². The number of hydrogen-bond acceptors (Lipinski definition) is 3. The van der Waals surface area contributed by atoms with Gasteiger partial charge in [0.1, 0.15) is 5.82 Å². The van der Waals surface area contributed by atoms with E-state index in [2.05, 4.69) is 9.97 Å². The van der Waals surface area contributed by atoms with Gasteiger partial charge < -0.3 is 5.73 Å². The van der Waals surface area contributed by atoms with Gasteiger partial charge in [-0.2, -0.15) is 0 Å². The molecule has 0 fully saturated rings.